The van der Waals surface area contributed by atoms with Crippen molar-refractivity contribution < 1.29 is 9.59 Å². The van der Waals surface area contributed by atoms with Gasteiger partial charge in [-0.2, -0.15) is 10.9 Å². The van der Waals surface area contributed by atoms with Crippen LogP contribution in [0.15, 0.2) is 0 Å². The first kappa shape index (κ1) is 6.18. The number of hydrogen-bond donors (Lipinski definition) is 1. The SMILES string of the molecule is [NH]NN1C(=O)CCC1=O. The molecule has 5 nitrogen and oxygen atoms in total. The van der Waals surface area contributed by atoms with Gasteiger partial charge in [0.1, 0.15) is 0 Å². The van der Waals surface area contributed by atoms with E-state index in [4.69, 9.17) is 5.84 Å². The second-order valence-electron chi connectivity index (χ2n) is 1.73. The molecule has 0 unspecified atom stereocenters. The molecule has 0 spiro atoms. The van der Waals surface area contributed by atoms with Crippen LogP contribution in [0.5, 0.6) is 0 Å². The summed E-state index contributed by atoms with van der Waals surface area (Å²) < 4.78 is 0. The summed E-state index contributed by atoms with van der Waals surface area (Å²) >= 11 is 0. The fraction of sp³-hybridized carbons (Fsp3) is 0.500. The van der Waals surface area contributed by atoms with E-state index in [9.17, 15) is 9.59 Å². The van der Waals surface area contributed by atoms with Crippen LogP contribution in [0, 0.1) is 0 Å². The molecule has 49 valence electrons. The maximum absolute atomic E-state index is 10.5. The van der Waals surface area contributed by atoms with Crippen molar-refractivity contribution in [3.8, 4) is 0 Å². The van der Waals surface area contributed by atoms with Gasteiger partial charge in [0.2, 0.25) is 11.8 Å². The first-order valence-electron chi connectivity index (χ1n) is 2.54. The molecule has 0 aliphatic carbocycles. The van der Waals surface area contributed by atoms with Crippen LogP contribution in [0.2, 0.25) is 0 Å². The third kappa shape index (κ3) is 0.914. The Morgan fingerprint density at radius 1 is 1.33 bits per heavy atom. The molecule has 1 saturated heterocycles. The highest BCUT2D eigenvalue weighted by Crippen LogP contribution is 2.06. The lowest BCUT2D eigenvalue weighted by molar-refractivity contribution is -0.142. The largest absolute Gasteiger partial charge is 0.273 e. The minimum atomic E-state index is -0.324. The molecule has 9 heavy (non-hydrogen) atoms. The van der Waals surface area contributed by atoms with E-state index >= 15 is 0 Å². The molecule has 0 saturated carbocycles. The van der Waals surface area contributed by atoms with Crippen molar-refractivity contribution in [2.75, 3.05) is 0 Å². The Bertz CT molecular complexity index is 140. The first-order valence-corrected chi connectivity index (χ1v) is 2.54. The average molecular weight is 128 g/mol. The summed E-state index contributed by atoms with van der Waals surface area (Å²) in [4.78, 5) is 21.1. The maximum atomic E-state index is 10.5. The zero-order valence-corrected chi connectivity index (χ0v) is 4.68. The quantitative estimate of drug-likeness (QED) is 0.357. The van der Waals surface area contributed by atoms with Gasteiger partial charge < -0.3 is 0 Å². The highest BCUT2D eigenvalue weighted by molar-refractivity contribution is 6.01. The number of hydrazine groups is 1. The summed E-state index contributed by atoms with van der Waals surface area (Å²) in [6.45, 7) is 0. The van der Waals surface area contributed by atoms with Gasteiger partial charge in [-0.1, -0.05) is 0 Å². The fourth-order valence-electron chi connectivity index (χ4n) is 0.701. The number of rotatable bonds is 1. The van der Waals surface area contributed by atoms with E-state index in [0.29, 0.717) is 5.01 Å². The van der Waals surface area contributed by atoms with Crippen molar-refractivity contribution in [2.24, 2.45) is 0 Å². The first-order chi connectivity index (χ1) is 4.25. The predicted octanol–water partition coefficient (Wildman–Crippen LogP) is -1.16. The van der Waals surface area contributed by atoms with Gasteiger partial charge >= 0.3 is 0 Å². The summed E-state index contributed by atoms with van der Waals surface area (Å²) in [5.41, 5.74) is 1.75. The molecule has 1 radical (unpaired) electrons. The van der Waals surface area contributed by atoms with E-state index in [1.54, 1.807) is 5.53 Å². The van der Waals surface area contributed by atoms with Gasteiger partial charge in [0.25, 0.3) is 0 Å². The van der Waals surface area contributed by atoms with Gasteiger partial charge in [0.15, 0.2) is 0 Å². The van der Waals surface area contributed by atoms with Crippen molar-refractivity contribution in [3.63, 3.8) is 0 Å². The lowest BCUT2D eigenvalue weighted by Crippen LogP contribution is -2.40. The average Bonchev–Trinajstić information content (AvgIpc) is 2.12. The molecular formula is C4H6N3O2. The standard InChI is InChI=1S/C4H6N3O2/c5-6-7-3(8)1-2-4(7)9/h5-6H,1-2H2. The van der Waals surface area contributed by atoms with Crippen molar-refractivity contribution in [3.05, 3.63) is 0 Å². The Kier molecular flexibility index (Phi) is 1.46. The zero-order valence-electron chi connectivity index (χ0n) is 4.68. The molecule has 0 atom stereocenters. The number of imide groups is 1. The molecule has 1 heterocycles. The van der Waals surface area contributed by atoms with Gasteiger partial charge in [0.05, 0.1) is 0 Å². The van der Waals surface area contributed by atoms with Crippen molar-refractivity contribution in [2.45, 2.75) is 12.8 Å². The van der Waals surface area contributed by atoms with E-state index in [-0.39, 0.29) is 24.7 Å². The van der Waals surface area contributed by atoms with Crippen LogP contribution in [0.1, 0.15) is 12.8 Å². The molecule has 5 heteroatoms. The third-order valence-electron chi connectivity index (χ3n) is 1.16. The number of nitrogens with one attached hydrogen (secondary N) is 2. The zero-order chi connectivity index (χ0) is 6.85. The monoisotopic (exact) mass is 128 g/mol. The van der Waals surface area contributed by atoms with Crippen LogP contribution < -0.4 is 11.4 Å². The van der Waals surface area contributed by atoms with E-state index < -0.39 is 0 Å². The number of hydrogen-bond acceptors (Lipinski definition) is 3. The van der Waals surface area contributed by atoms with Gasteiger partial charge in [-0.15, -0.1) is 5.53 Å². The summed E-state index contributed by atoms with van der Waals surface area (Å²) in [6, 6.07) is 0. The second kappa shape index (κ2) is 2.12. The Morgan fingerprint density at radius 2 is 1.78 bits per heavy atom. The predicted molar refractivity (Wildman–Crippen MR) is 27.3 cm³/mol. The summed E-state index contributed by atoms with van der Waals surface area (Å²) in [6.07, 6.45) is 0.454. The van der Waals surface area contributed by atoms with Crippen LogP contribution in [0.4, 0.5) is 0 Å². The molecule has 0 aromatic carbocycles. The molecule has 2 amide bonds. The summed E-state index contributed by atoms with van der Waals surface area (Å²) in [5.74, 6) is 5.85. The Balaban J connectivity index is 2.66. The lowest BCUT2D eigenvalue weighted by Gasteiger charge is -2.07. The molecule has 0 aromatic heterocycles. The third-order valence-corrected chi connectivity index (χ3v) is 1.16. The van der Waals surface area contributed by atoms with Crippen LogP contribution in [0.25, 0.3) is 0 Å². The molecular weight excluding hydrogens is 122 g/mol. The molecule has 2 N–H and O–H groups in total. The Hall–Kier alpha value is -0.940. The van der Waals surface area contributed by atoms with Gasteiger partial charge in [-0.3, -0.25) is 9.59 Å². The molecule has 1 aliphatic heterocycles. The molecule has 1 aliphatic rings. The topological polar surface area (TPSA) is 73.2 Å². The number of carbonyl (C=O) groups excluding carboxylic acids is 2. The fourth-order valence-corrected chi connectivity index (χ4v) is 0.701. The van der Waals surface area contributed by atoms with Crippen molar-refractivity contribution >= 4 is 11.8 Å². The highest BCUT2D eigenvalue weighted by atomic mass is 16.2. The van der Waals surface area contributed by atoms with Gasteiger partial charge in [-0.25, -0.2) is 0 Å². The van der Waals surface area contributed by atoms with Crippen LogP contribution in [0.3, 0.4) is 0 Å². The van der Waals surface area contributed by atoms with Gasteiger partial charge in [0, 0.05) is 12.8 Å². The minimum absolute atomic E-state index is 0.227. The number of carbonyl (C=O) groups is 2. The van der Waals surface area contributed by atoms with Crippen molar-refractivity contribution in [1.82, 2.24) is 16.4 Å². The second-order valence-corrected chi connectivity index (χ2v) is 1.73. The van der Waals surface area contributed by atoms with Gasteiger partial charge in [-0.05, 0) is 0 Å². The maximum Gasteiger partial charge on any atom is 0.245 e. The van der Waals surface area contributed by atoms with Crippen LogP contribution >= 0.6 is 0 Å². The summed E-state index contributed by atoms with van der Waals surface area (Å²) in [7, 11) is 0. The molecule has 0 aromatic rings. The molecule has 1 rings (SSSR count). The Morgan fingerprint density at radius 3 is 2.00 bits per heavy atom. The highest BCUT2D eigenvalue weighted by Gasteiger charge is 2.27. The lowest BCUT2D eigenvalue weighted by atomic mass is 10.4. The summed E-state index contributed by atoms with van der Waals surface area (Å²) in [5, 5.41) is 0.708. The molecule has 0 bridgehead atoms. The van der Waals surface area contributed by atoms with E-state index in [1.807, 2.05) is 0 Å². The van der Waals surface area contributed by atoms with E-state index in [1.165, 1.54) is 0 Å². The Labute approximate surface area is 51.7 Å². The molecule has 1 fully saturated rings. The normalized spacial score (nSPS) is 19.4. The minimum Gasteiger partial charge on any atom is -0.273 e. The van der Waals surface area contributed by atoms with Crippen LogP contribution in [-0.2, 0) is 9.59 Å². The van der Waals surface area contributed by atoms with Crippen LogP contribution in [-0.4, -0.2) is 16.8 Å². The smallest absolute Gasteiger partial charge is 0.245 e. The van der Waals surface area contributed by atoms with E-state index in [0.717, 1.165) is 0 Å². The number of amides is 2. The van der Waals surface area contributed by atoms with E-state index in [2.05, 4.69) is 0 Å². The van der Waals surface area contributed by atoms with Crippen molar-refractivity contribution in [1.29, 1.82) is 0 Å². The number of nitrogens with zero attached hydrogens (tertiary/aromatic N) is 1.